The fourth-order valence-electron chi connectivity index (χ4n) is 1.31. The van der Waals surface area contributed by atoms with Crippen LogP contribution in [0.2, 0.25) is 0 Å². The summed E-state index contributed by atoms with van der Waals surface area (Å²) in [4.78, 5) is 0. The van der Waals surface area contributed by atoms with Crippen LogP contribution in [0, 0.1) is 5.82 Å². The van der Waals surface area contributed by atoms with E-state index in [-0.39, 0.29) is 5.82 Å². The van der Waals surface area contributed by atoms with Gasteiger partial charge >= 0.3 is 0 Å². The third-order valence-electron chi connectivity index (χ3n) is 2.19. The molecule has 6 heteroatoms. The Kier molecular flexibility index (Phi) is 4.95. The van der Waals surface area contributed by atoms with Gasteiger partial charge in [-0.15, -0.1) is 10.2 Å². The second kappa shape index (κ2) is 6.70. The lowest BCUT2D eigenvalue weighted by Gasteiger charge is -2.01. The predicted octanol–water partition coefficient (Wildman–Crippen LogP) is 3.79. The van der Waals surface area contributed by atoms with Crippen molar-refractivity contribution in [2.75, 3.05) is 11.1 Å². The zero-order valence-electron chi connectivity index (χ0n) is 10.0. The highest BCUT2D eigenvalue weighted by molar-refractivity contribution is 8.01. The van der Waals surface area contributed by atoms with Gasteiger partial charge in [-0.25, -0.2) is 4.39 Å². The molecule has 1 aromatic carbocycles. The third-order valence-corrected chi connectivity index (χ3v) is 4.41. The molecule has 0 atom stereocenters. The Hall–Kier alpha value is -1.14. The van der Waals surface area contributed by atoms with Gasteiger partial charge < -0.3 is 5.32 Å². The van der Waals surface area contributed by atoms with Crippen molar-refractivity contribution in [1.29, 1.82) is 0 Å². The Morgan fingerprint density at radius 3 is 2.78 bits per heavy atom. The van der Waals surface area contributed by atoms with Gasteiger partial charge in [0.05, 0.1) is 0 Å². The summed E-state index contributed by atoms with van der Waals surface area (Å²) in [7, 11) is 0. The van der Waals surface area contributed by atoms with Crippen molar-refractivity contribution < 1.29 is 4.39 Å². The highest BCUT2D eigenvalue weighted by Gasteiger charge is 2.03. The Morgan fingerprint density at radius 1 is 1.28 bits per heavy atom. The van der Waals surface area contributed by atoms with E-state index in [2.05, 4.69) is 22.4 Å². The summed E-state index contributed by atoms with van der Waals surface area (Å²) >= 11 is 3.27. The Bertz CT molecular complexity index is 484. The van der Waals surface area contributed by atoms with E-state index >= 15 is 0 Å². The van der Waals surface area contributed by atoms with Crippen molar-refractivity contribution in [2.45, 2.75) is 24.2 Å². The Morgan fingerprint density at radius 2 is 2.06 bits per heavy atom. The largest absolute Gasteiger partial charge is 0.356 e. The maximum absolute atomic E-state index is 12.7. The molecule has 0 bridgehead atoms. The molecule has 0 aliphatic rings. The number of rotatable bonds is 6. The number of hydrogen-bond acceptors (Lipinski definition) is 5. The molecule has 0 aliphatic carbocycles. The molecule has 3 nitrogen and oxygen atoms in total. The smallest absolute Gasteiger partial charge is 0.206 e. The number of nitrogens with one attached hydrogen (secondary N) is 1. The molecule has 96 valence electrons. The van der Waals surface area contributed by atoms with Gasteiger partial charge in [0.2, 0.25) is 5.13 Å². The second-order valence-electron chi connectivity index (χ2n) is 3.70. The van der Waals surface area contributed by atoms with Gasteiger partial charge in [-0.3, -0.25) is 0 Å². The van der Waals surface area contributed by atoms with Gasteiger partial charge in [-0.1, -0.05) is 42.2 Å². The maximum atomic E-state index is 12.7. The minimum atomic E-state index is -0.215. The van der Waals surface area contributed by atoms with E-state index < -0.39 is 0 Å². The average molecular weight is 283 g/mol. The maximum Gasteiger partial charge on any atom is 0.206 e. The minimum absolute atomic E-state index is 0.215. The first-order valence-electron chi connectivity index (χ1n) is 5.72. The molecule has 0 spiro atoms. The number of halogens is 1. The molecule has 2 aromatic rings. The van der Waals surface area contributed by atoms with Crippen LogP contribution in [0.1, 0.15) is 18.9 Å². The van der Waals surface area contributed by atoms with Crippen LogP contribution in [0.25, 0.3) is 0 Å². The molecule has 0 fully saturated rings. The lowest BCUT2D eigenvalue weighted by atomic mass is 10.2. The Labute approximate surface area is 114 Å². The zero-order valence-corrected chi connectivity index (χ0v) is 11.7. The van der Waals surface area contributed by atoms with Crippen LogP contribution in [0.4, 0.5) is 9.52 Å². The third kappa shape index (κ3) is 3.96. The molecular formula is C12H14FN3S2. The summed E-state index contributed by atoms with van der Waals surface area (Å²) in [5.74, 6) is 0.847. The first-order chi connectivity index (χ1) is 8.78. The van der Waals surface area contributed by atoms with E-state index in [9.17, 15) is 4.39 Å². The van der Waals surface area contributed by atoms with Crippen molar-refractivity contribution >= 4 is 28.2 Å². The highest BCUT2D eigenvalue weighted by atomic mass is 32.2. The van der Waals surface area contributed by atoms with Crippen LogP contribution in [-0.2, 0) is 6.54 Å². The van der Waals surface area contributed by atoms with Crippen molar-refractivity contribution in [3.63, 3.8) is 0 Å². The number of thioether (sulfide) groups is 1. The normalized spacial score (nSPS) is 10.6. The molecule has 0 amide bonds. The molecule has 0 unspecified atom stereocenters. The van der Waals surface area contributed by atoms with E-state index in [0.717, 1.165) is 27.2 Å². The number of aromatic nitrogens is 2. The van der Waals surface area contributed by atoms with Gasteiger partial charge in [-0.05, 0) is 24.1 Å². The predicted molar refractivity (Wildman–Crippen MR) is 74.7 cm³/mol. The number of benzene rings is 1. The molecular weight excluding hydrogens is 269 g/mol. The van der Waals surface area contributed by atoms with Crippen molar-refractivity contribution in [3.8, 4) is 0 Å². The SMILES string of the molecule is CCCSc1nnc(NCc2ccc(F)cc2)s1. The average Bonchev–Trinajstić information content (AvgIpc) is 2.84. The zero-order chi connectivity index (χ0) is 12.8. The van der Waals surface area contributed by atoms with E-state index in [1.807, 2.05) is 0 Å². The standard InChI is InChI=1S/C12H14FN3S2/c1-2-7-17-12-16-15-11(18-12)14-8-9-3-5-10(13)6-4-9/h3-6H,2,7-8H2,1H3,(H,14,15). The summed E-state index contributed by atoms with van der Waals surface area (Å²) in [6, 6.07) is 6.44. The van der Waals surface area contributed by atoms with Gasteiger partial charge in [-0.2, -0.15) is 0 Å². The van der Waals surface area contributed by atoms with Crippen molar-refractivity contribution in [1.82, 2.24) is 10.2 Å². The molecule has 1 heterocycles. The van der Waals surface area contributed by atoms with Crippen LogP contribution in [0.15, 0.2) is 28.6 Å². The lowest BCUT2D eigenvalue weighted by molar-refractivity contribution is 0.627. The molecule has 0 aliphatic heterocycles. The first-order valence-corrected chi connectivity index (χ1v) is 7.52. The summed E-state index contributed by atoms with van der Waals surface area (Å²) < 4.78 is 13.7. The quantitative estimate of drug-likeness (QED) is 0.818. The van der Waals surface area contributed by atoms with Gasteiger partial charge in [0, 0.05) is 12.3 Å². The van der Waals surface area contributed by atoms with Gasteiger partial charge in [0.25, 0.3) is 0 Å². The van der Waals surface area contributed by atoms with Gasteiger partial charge in [0.1, 0.15) is 5.82 Å². The lowest BCUT2D eigenvalue weighted by Crippen LogP contribution is -1.98. The fraction of sp³-hybridized carbons (Fsp3) is 0.333. The molecule has 2 rings (SSSR count). The molecule has 0 saturated heterocycles. The molecule has 1 N–H and O–H groups in total. The molecule has 0 radical (unpaired) electrons. The van der Waals surface area contributed by atoms with E-state index in [4.69, 9.17) is 0 Å². The van der Waals surface area contributed by atoms with Crippen LogP contribution < -0.4 is 5.32 Å². The second-order valence-corrected chi connectivity index (χ2v) is 6.02. The number of nitrogens with zero attached hydrogens (tertiary/aromatic N) is 2. The van der Waals surface area contributed by atoms with Gasteiger partial charge in [0.15, 0.2) is 4.34 Å². The summed E-state index contributed by atoms with van der Waals surface area (Å²) in [5.41, 5.74) is 1.02. The Balaban J connectivity index is 1.86. The summed E-state index contributed by atoms with van der Waals surface area (Å²) in [6.45, 7) is 2.77. The number of hydrogen-bond donors (Lipinski definition) is 1. The van der Waals surface area contributed by atoms with Crippen molar-refractivity contribution in [3.05, 3.63) is 35.6 Å². The van der Waals surface area contributed by atoms with E-state index in [0.29, 0.717) is 6.54 Å². The van der Waals surface area contributed by atoms with Crippen molar-refractivity contribution in [2.24, 2.45) is 0 Å². The van der Waals surface area contributed by atoms with Crippen LogP contribution in [-0.4, -0.2) is 16.0 Å². The van der Waals surface area contributed by atoms with Crippen LogP contribution >= 0.6 is 23.1 Å². The monoisotopic (exact) mass is 283 g/mol. The van der Waals surface area contributed by atoms with E-state index in [1.54, 1.807) is 35.2 Å². The summed E-state index contributed by atoms with van der Waals surface area (Å²) in [5, 5.41) is 12.1. The minimum Gasteiger partial charge on any atom is -0.356 e. The highest BCUT2D eigenvalue weighted by Crippen LogP contribution is 2.26. The topological polar surface area (TPSA) is 37.8 Å². The number of anilines is 1. The van der Waals surface area contributed by atoms with Crippen LogP contribution in [0.5, 0.6) is 0 Å². The molecule has 1 aromatic heterocycles. The molecule has 0 saturated carbocycles. The van der Waals surface area contributed by atoms with E-state index in [1.165, 1.54) is 12.1 Å². The first kappa shape index (κ1) is 13.3. The fourth-order valence-corrected chi connectivity index (χ4v) is 2.98. The van der Waals surface area contributed by atoms with Crippen LogP contribution in [0.3, 0.4) is 0 Å². The summed E-state index contributed by atoms with van der Waals surface area (Å²) in [6.07, 6.45) is 1.13. The molecule has 18 heavy (non-hydrogen) atoms.